The number of nitrogens with zero attached hydrogens (tertiary/aromatic N) is 3. The molecule has 0 atom stereocenters. The van der Waals surface area contributed by atoms with Crippen molar-refractivity contribution in [3.8, 4) is 0 Å². The minimum atomic E-state index is -0.101. The monoisotopic (exact) mass is 469 g/mol. The number of benzene rings is 2. The number of halogens is 1. The van der Waals surface area contributed by atoms with Crippen molar-refractivity contribution in [2.24, 2.45) is 0 Å². The van der Waals surface area contributed by atoms with E-state index in [0.717, 1.165) is 47.3 Å². The van der Waals surface area contributed by atoms with Gasteiger partial charge in [0.05, 0.1) is 16.1 Å². The van der Waals surface area contributed by atoms with Crippen LogP contribution in [0.4, 0.5) is 11.8 Å². The molecule has 2 N–H and O–H groups in total. The molecule has 0 spiro atoms. The molecule has 1 fully saturated rings. The smallest absolute Gasteiger partial charge is 0.253 e. The number of hydrogen-bond donors (Lipinski definition) is 2. The molecule has 0 radical (unpaired) electrons. The number of hydrogen-bond acceptors (Lipinski definition) is 6. The summed E-state index contributed by atoms with van der Waals surface area (Å²) in [6, 6.07) is 14.1. The van der Waals surface area contributed by atoms with Crippen LogP contribution in [-0.4, -0.2) is 48.3 Å². The SMILES string of the molecule is CSc1ccc(Cl)c(C(=O)NC2CCC(Nc3nc(N(C)C)c4ccccc4n3)CC2)c1. The summed E-state index contributed by atoms with van der Waals surface area (Å²) < 4.78 is 0. The second kappa shape index (κ2) is 9.96. The van der Waals surface area contributed by atoms with Crippen LogP contribution in [0.15, 0.2) is 47.4 Å². The fraction of sp³-hybridized carbons (Fsp3) is 0.375. The maximum Gasteiger partial charge on any atom is 0.253 e. The third-order valence-corrected chi connectivity index (χ3v) is 6.88. The van der Waals surface area contributed by atoms with E-state index in [1.807, 2.05) is 61.6 Å². The van der Waals surface area contributed by atoms with Crippen molar-refractivity contribution >= 4 is 51.9 Å². The Kier molecular flexibility index (Phi) is 7.06. The summed E-state index contributed by atoms with van der Waals surface area (Å²) in [5, 5.41) is 8.20. The molecule has 1 aliphatic carbocycles. The molecule has 2 aromatic carbocycles. The lowest BCUT2D eigenvalue weighted by molar-refractivity contribution is 0.0926. The van der Waals surface area contributed by atoms with Gasteiger partial charge in [-0.25, -0.2) is 4.98 Å². The van der Waals surface area contributed by atoms with Gasteiger partial charge in [-0.1, -0.05) is 23.7 Å². The van der Waals surface area contributed by atoms with Gasteiger partial charge in [0, 0.05) is 36.5 Å². The van der Waals surface area contributed by atoms with Gasteiger partial charge in [0.2, 0.25) is 5.95 Å². The number of nitrogens with one attached hydrogen (secondary N) is 2. The van der Waals surface area contributed by atoms with Gasteiger partial charge in [0.1, 0.15) is 5.82 Å². The first-order chi connectivity index (χ1) is 15.4. The number of aromatic nitrogens is 2. The molecule has 1 aromatic heterocycles. The van der Waals surface area contributed by atoms with Crippen molar-refractivity contribution in [1.29, 1.82) is 0 Å². The number of thioether (sulfide) groups is 1. The Balaban J connectivity index is 1.38. The molecule has 6 nitrogen and oxygen atoms in total. The second-order valence-corrected chi connectivity index (χ2v) is 9.58. The standard InChI is InChI=1S/C24H28ClN5OS/c1-30(2)22-18-6-4-5-7-21(18)28-24(29-22)27-16-10-8-15(9-11-16)26-23(31)19-14-17(32-3)12-13-20(19)25/h4-7,12-16H,8-11H2,1-3H3,(H,26,31)(H,27,28,29). The molecule has 32 heavy (non-hydrogen) atoms. The van der Waals surface area contributed by atoms with E-state index in [2.05, 4.69) is 10.6 Å². The van der Waals surface area contributed by atoms with Crippen molar-refractivity contribution in [2.45, 2.75) is 42.7 Å². The van der Waals surface area contributed by atoms with Gasteiger partial charge in [-0.2, -0.15) is 4.98 Å². The molecule has 0 bridgehead atoms. The first-order valence-corrected chi connectivity index (χ1v) is 12.4. The Labute approximate surface area is 198 Å². The molecule has 1 aliphatic rings. The van der Waals surface area contributed by atoms with E-state index < -0.39 is 0 Å². The van der Waals surface area contributed by atoms with E-state index in [0.29, 0.717) is 16.5 Å². The zero-order valence-corrected chi connectivity index (χ0v) is 20.1. The largest absolute Gasteiger partial charge is 0.362 e. The maximum atomic E-state index is 12.8. The molecule has 1 saturated carbocycles. The van der Waals surface area contributed by atoms with Crippen molar-refractivity contribution in [1.82, 2.24) is 15.3 Å². The molecule has 0 aliphatic heterocycles. The number of para-hydroxylation sites is 1. The molecule has 1 heterocycles. The molecule has 1 amide bonds. The molecular formula is C24H28ClN5OS. The number of carbonyl (C=O) groups is 1. The first kappa shape index (κ1) is 22.7. The fourth-order valence-corrected chi connectivity index (χ4v) is 4.74. The summed E-state index contributed by atoms with van der Waals surface area (Å²) in [5.74, 6) is 1.46. The molecule has 168 valence electrons. The summed E-state index contributed by atoms with van der Waals surface area (Å²) in [5.41, 5.74) is 1.47. The van der Waals surface area contributed by atoms with Gasteiger partial charge in [-0.3, -0.25) is 4.79 Å². The van der Waals surface area contributed by atoms with E-state index >= 15 is 0 Å². The molecule has 8 heteroatoms. The van der Waals surface area contributed by atoms with Crippen molar-refractivity contribution in [3.05, 3.63) is 53.1 Å². The van der Waals surface area contributed by atoms with Crippen LogP contribution in [-0.2, 0) is 0 Å². The van der Waals surface area contributed by atoms with E-state index in [4.69, 9.17) is 21.6 Å². The van der Waals surface area contributed by atoms with Gasteiger partial charge in [-0.15, -0.1) is 11.8 Å². The topological polar surface area (TPSA) is 70.2 Å². The quantitative estimate of drug-likeness (QED) is 0.482. The van der Waals surface area contributed by atoms with Crippen molar-refractivity contribution in [3.63, 3.8) is 0 Å². The Morgan fingerprint density at radius 1 is 1.06 bits per heavy atom. The van der Waals surface area contributed by atoms with Crippen LogP contribution in [0.1, 0.15) is 36.0 Å². The highest BCUT2D eigenvalue weighted by Crippen LogP contribution is 2.27. The highest BCUT2D eigenvalue weighted by atomic mass is 35.5. The van der Waals surface area contributed by atoms with Crippen LogP contribution in [0.5, 0.6) is 0 Å². The number of anilines is 2. The average Bonchev–Trinajstić information content (AvgIpc) is 2.80. The van der Waals surface area contributed by atoms with Gasteiger partial charge in [-0.05, 0) is 62.3 Å². The summed E-state index contributed by atoms with van der Waals surface area (Å²) >= 11 is 7.86. The van der Waals surface area contributed by atoms with E-state index in [-0.39, 0.29) is 18.0 Å². The third kappa shape index (κ3) is 5.10. The Bertz CT molecular complexity index is 1110. The van der Waals surface area contributed by atoms with Gasteiger partial charge in [0.25, 0.3) is 5.91 Å². The van der Waals surface area contributed by atoms with Crippen LogP contribution >= 0.6 is 23.4 Å². The minimum Gasteiger partial charge on any atom is -0.362 e. The van der Waals surface area contributed by atoms with Crippen LogP contribution < -0.4 is 15.5 Å². The maximum absolute atomic E-state index is 12.8. The lowest BCUT2D eigenvalue weighted by Crippen LogP contribution is -2.40. The molecule has 3 aromatic rings. The summed E-state index contributed by atoms with van der Waals surface area (Å²) in [7, 11) is 3.99. The Morgan fingerprint density at radius 3 is 2.50 bits per heavy atom. The minimum absolute atomic E-state index is 0.101. The normalized spacial score (nSPS) is 18.4. The lowest BCUT2D eigenvalue weighted by atomic mass is 9.91. The lowest BCUT2D eigenvalue weighted by Gasteiger charge is -2.30. The van der Waals surface area contributed by atoms with Gasteiger partial charge >= 0.3 is 0 Å². The number of fused-ring (bicyclic) bond motifs is 1. The van der Waals surface area contributed by atoms with E-state index in [1.165, 1.54) is 0 Å². The second-order valence-electron chi connectivity index (χ2n) is 8.29. The number of carbonyl (C=O) groups excluding carboxylic acids is 1. The van der Waals surface area contributed by atoms with Crippen LogP contribution in [0, 0.1) is 0 Å². The van der Waals surface area contributed by atoms with Crippen LogP contribution in [0.3, 0.4) is 0 Å². The highest BCUT2D eigenvalue weighted by Gasteiger charge is 2.24. The zero-order valence-electron chi connectivity index (χ0n) is 18.6. The van der Waals surface area contributed by atoms with E-state index in [1.54, 1.807) is 17.8 Å². The number of amides is 1. The van der Waals surface area contributed by atoms with Gasteiger partial charge < -0.3 is 15.5 Å². The van der Waals surface area contributed by atoms with Crippen LogP contribution in [0.25, 0.3) is 10.9 Å². The highest BCUT2D eigenvalue weighted by molar-refractivity contribution is 7.98. The Morgan fingerprint density at radius 2 is 1.78 bits per heavy atom. The van der Waals surface area contributed by atoms with Crippen molar-refractivity contribution < 1.29 is 4.79 Å². The first-order valence-electron chi connectivity index (χ1n) is 10.8. The summed E-state index contributed by atoms with van der Waals surface area (Å²) in [4.78, 5) is 25.3. The van der Waals surface area contributed by atoms with E-state index in [9.17, 15) is 4.79 Å². The molecular weight excluding hydrogens is 442 g/mol. The summed E-state index contributed by atoms with van der Waals surface area (Å²) in [6.07, 6.45) is 5.67. The average molecular weight is 470 g/mol. The fourth-order valence-electron chi connectivity index (χ4n) is 4.10. The zero-order chi connectivity index (χ0) is 22.7. The third-order valence-electron chi connectivity index (χ3n) is 5.82. The predicted octanol–water partition coefficient (Wildman–Crippen LogP) is 5.22. The van der Waals surface area contributed by atoms with Crippen molar-refractivity contribution in [2.75, 3.05) is 30.6 Å². The molecule has 0 saturated heterocycles. The summed E-state index contributed by atoms with van der Waals surface area (Å²) in [6.45, 7) is 0. The molecule has 0 unspecified atom stereocenters. The Hall–Kier alpha value is -2.51. The van der Waals surface area contributed by atoms with Gasteiger partial charge in [0.15, 0.2) is 0 Å². The predicted molar refractivity (Wildman–Crippen MR) is 134 cm³/mol. The number of rotatable bonds is 6. The molecule has 4 rings (SSSR count). The van der Waals surface area contributed by atoms with Crippen LogP contribution in [0.2, 0.25) is 5.02 Å².